The van der Waals surface area contributed by atoms with Crippen LogP contribution in [0.4, 0.5) is 0 Å². The number of hydrogen-bond donors (Lipinski definition) is 1. The van der Waals surface area contributed by atoms with E-state index in [1.54, 1.807) is 0 Å². The van der Waals surface area contributed by atoms with Crippen molar-refractivity contribution < 1.29 is 14.3 Å². The molecule has 0 aromatic carbocycles. The summed E-state index contributed by atoms with van der Waals surface area (Å²) in [6.07, 6.45) is 0. The zero-order chi connectivity index (χ0) is 13.8. The first-order chi connectivity index (χ1) is 9.11. The van der Waals surface area contributed by atoms with Gasteiger partial charge in [0.15, 0.2) is 0 Å². The van der Waals surface area contributed by atoms with Gasteiger partial charge in [-0.2, -0.15) is 0 Å². The number of carbonyl (C=O) groups is 2. The maximum absolute atomic E-state index is 12.4. The molecule has 0 radical (unpaired) electrons. The lowest BCUT2D eigenvalue weighted by molar-refractivity contribution is -0.143. The highest BCUT2D eigenvalue weighted by Crippen LogP contribution is 2.19. The number of amides is 1. The fraction of sp³-hybridized carbons (Fsp3) is 0.846. The Bertz CT molecular complexity index is 340. The Kier molecular flexibility index (Phi) is 4.76. The smallest absolute Gasteiger partial charge is 0.319 e. The van der Waals surface area contributed by atoms with Crippen LogP contribution in [-0.2, 0) is 14.3 Å². The topological polar surface area (TPSA) is 61.9 Å². The lowest BCUT2D eigenvalue weighted by atomic mass is 9.96. The Morgan fingerprint density at radius 2 is 1.89 bits per heavy atom. The molecule has 2 heterocycles. The highest BCUT2D eigenvalue weighted by molar-refractivity contribution is 5.80. The van der Waals surface area contributed by atoms with Crippen LogP contribution < -0.4 is 5.32 Å². The Balaban J connectivity index is 1.79. The number of rotatable bonds is 3. The molecule has 108 valence electrons. The van der Waals surface area contributed by atoms with Crippen LogP contribution in [0.3, 0.4) is 0 Å². The lowest BCUT2D eigenvalue weighted by Gasteiger charge is -2.35. The molecule has 0 bridgehead atoms. The average Bonchev–Trinajstić information content (AvgIpc) is 2.85. The number of piperazine rings is 1. The predicted octanol–water partition coefficient (Wildman–Crippen LogP) is -0.841. The second kappa shape index (κ2) is 6.34. The van der Waals surface area contributed by atoms with Crippen molar-refractivity contribution in [3.05, 3.63) is 0 Å². The second-order valence-corrected chi connectivity index (χ2v) is 5.42. The van der Waals surface area contributed by atoms with Crippen LogP contribution in [0.25, 0.3) is 0 Å². The number of carbonyl (C=O) groups excluding carboxylic acids is 2. The summed E-state index contributed by atoms with van der Waals surface area (Å²) >= 11 is 0. The largest absolute Gasteiger partial charge is 0.468 e. The zero-order valence-electron chi connectivity index (χ0n) is 11.7. The quantitative estimate of drug-likeness (QED) is 0.677. The third-order valence-corrected chi connectivity index (χ3v) is 4.10. The molecule has 6 heteroatoms. The van der Waals surface area contributed by atoms with Gasteiger partial charge in [0, 0.05) is 32.7 Å². The third kappa shape index (κ3) is 3.45. The minimum absolute atomic E-state index is 0.118. The van der Waals surface area contributed by atoms with Crippen LogP contribution in [0.5, 0.6) is 0 Å². The molecule has 2 rings (SSSR count). The molecule has 0 spiro atoms. The van der Waals surface area contributed by atoms with E-state index >= 15 is 0 Å². The Hall–Kier alpha value is -1.14. The maximum Gasteiger partial charge on any atom is 0.319 e. The molecule has 1 amide bonds. The highest BCUT2D eigenvalue weighted by Gasteiger charge is 2.34. The molecule has 0 saturated carbocycles. The summed E-state index contributed by atoms with van der Waals surface area (Å²) in [5, 5.41) is 3.27. The number of esters is 1. The summed E-state index contributed by atoms with van der Waals surface area (Å²) in [7, 11) is 1.40. The van der Waals surface area contributed by atoms with Crippen molar-refractivity contribution >= 4 is 11.9 Å². The molecule has 0 aromatic heterocycles. The Morgan fingerprint density at radius 1 is 1.21 bits per heavy atom. The van der Waals surface area contributed by atoms with Crippen molar-refractivity contribution in [3.63, 3.8) is 0 Å². The van der Waals surface area contributed by atoms with Crippen LogP contribution in [-0.4, -0.2) is 74.6 Å². The van der Waals surface area contributed by atoms with Crippen LogP contribution in [0.15, 0.2) is 0 Å². The fourth-order valence-corrected chi connectivity index (χ4v) is 2.75. The van der Waals surface area contributed by atoms with E-state index in [9.17, 15) is 9.59 Å². The van der Waals surface area contributed by atoms with Crippen molar-refractivity contribution in [2.75, 3.05) is 52.9 Å². The van der Waals surface area contributed by atoms with Crippen molar-refractivity contribution in [2.45, 2.75) is 6.92 Å². The molecule has 2 aliphatic rings. The molecule has 1 N–H and O–H groups in total. The summed E-state index contributed by atoms with van der Waals surface area (Å²) in [6, 6.07) is 0. The molecule has 2 saturated heterocycles. The second-order valence-electron chi connectivity index (χ2n) is 5.42. The molecule has 19 heavy (non-hydrogen) atoms. The normalized spacial score (nSPS) is 28.4. The van der Waals surface area contributed by atoms with Gasteiger partial charge in [0.25, 0.3) is 0 Å². The van der Waals surface area contributed by atoms with E-state index in [0.717, 1.165) is 26.2 Å². The maximum atomic E-state index is 12.4. The summed E-state index contributed by atoms with van der Waals surface area (Å²) in [5.41, 5.74) is 0. The number of hydrogen-bond acceptors (Lipinski definition) is 5. The van der Waals surface area contributed by atoms with Gasteiger partial charge in [-0.25, -0.2) is 0 Å². The van der Waals surface area contributed by atoms with E-state index in [2.05, 4.69) is 17.0 Å². The van der Waals surface area contributed by atoms with Crippen molar-refractivity contribution in [1.29, 1.82) is 0 Å². The zero-order valence-corrected chi connectivity index (χ0v) is 11.7. The monoisotopic (exact) mass is 269 g/mol. The fourth-order valence-electron chi connectivity index (χ4n) is 2.75. The number of ether oxygens (including phenoxy) is 1. The van der Waals surface area contributed by atoms with Crippen molar-refractivity contribution in [2.24, 2.45) is 11.8 Å². The number of methoxy groups -OCH3 is 1. The van der Waals surface area contributed by atoms with Gasteiger partial charge < -0.3 is 15.0 Å². The van der Waals surface area contributed by atoms with E-state index in [1.807, 2.05) is 9.80 Å². The molecule has 2 aliphatic heterocycles. The first-order valence-electron chi connectivity index (χ1n) is 6.90. The SMILES string of the molecule is COC(=O)CN1CCN(C(=O)[C@@H]2CNC[C@H]2C)CC1. The minimum Gasteiger partial charge on any atom is -0.468 e. The van der Waals surface area contributed by atoms with Gasteiger partial charge in [-0.05, 0) is 12.5 Å². The number of nitrogens with one attached hydrogen (secondary N) is 1. The highest BCUT2D eigenvalue weighted by atomic mass is 16.5. The van der Waals surface area contributed by atoms with E-state index in [1.165, 1.54) is 7.11 Å². The van der Waals surface area contributed by atoms with Gasteiger partial charge in [0.2, 0.25) is 5.91 Å². The van der Waals surface area contributed by atoms with Crippen LogP contribution in [0.1, 0.15) is 6.92 Å². The molecular formula is C13H23N3O3. The molecular weight excluding hydrogens is 246 g/mol. The van der Waals surface area contributed by atoms with Crippen molar-refractivity contribution in [1.82, 2.24) is 15.1 Å². The lowest BCUT2D eigenvalue weighted by Crippen LogP contribution is -2.52. The summed E-state index contributed by atoms with van der Waals surface area (Å²) < 4.78 is 4.65. The summed E-state index contributed by atoms with van der Waals surface area (Å²) in [4.78, 5) is 27.5. The average molecular weight is 269 g/mol. The molecule has 6 nitrogen and oxygen atoms in total. The minimum atomic E-state index is -0.214. The first kappa shape index (κ1) is 14.3. The molecule has 0 aliphatic carbocycles. The van der Waals surface area contributed by atoms with Gasteiger partial charge in [-0.15, -0.1) is 0 Å². The molecule has 2 fully saturated rings. The van der Waals surface area contributed by atoms with Crippen LogP contribution in [0.2, 0.25) is 0 Å². The molecule has 0 unspecified atom stereocenters. The number of nitrogens with zero attached hydrogens (tertiary/aromatic N) is 2. The summed E-state index contributed by atoms with van der Waals surface area (Å²) in [6.45, 7) is 7.07. The standard InChI is InChI=1S/C13H23N3O3/c1-10-7-14-8-11(10)13(18)16-5-3-15(4-6-16)9-12(17)19-2/h10-11,14H,3-9H2,1-2H3/t10-,11-/m1/s1. The van der Waals surface area contributed by atoms with Crippen LogP contribution >= 0.6 is 0 Å². The molecule has 2 atom stereocenters. The van der Waals surface area contributed by atoms with Gasteiger partial charge in [-0.1, -0.05) is 6.92 Å². The Labute approximate surface area is 114 Å². The van der Waals surface area contributed by atoms with E-state index in [-0.39, 0.29) is 17.8 Å². The van der Waals surface area contributed by atoms with E-state index in [0.29, 0.717) is 25.6 Å². The third-order valence-electron chi connectivity index (χ3n) is 4.10. The van der Waals surface area contributed by atoms with Gasteiger partial charge in [0.1, 0.15) is 0 Å². The van der Waals surface area contributed by atoms with Gasteiger partial charge in [-0.3, -0.25) is 14.5 Å². The van der Waals surface area contributed by atoms with Crippen LogP contribution in [0, 0.1) is 11.8 Å². The summed E-state index contributed by atoms with van der Waals surface area (Å²) in [5.74, 6) is 0.580. The predicted molar refractivity (Wildman–Crippen MR) is 70.6 cm³/mol. The molecule has 0 aromatic rings. The van der Waals surface area contributed by atoms with Gasteiger partial charge >= 0.3 is 5.97 Å². The van der Waals surface area contributed by atoms with E-state index in [4.69, 9.17) is 0 Å². The first-order valence-corrected chi connectivity index (χ1v) is 6.90. The van der Waals surface area contributed by atoms with Gasteiger partial charge in [0.05, 0.1) is 19.6 Å². The Morgan fingerprint density at radius 3 is 2.42 bits per heavy atom. The van der Waals surface area contributed by atoms with E-state index < -0.39 is 0 Å². The van der Waals surface area contributed by atoms with Crippen molar-refractivity contribution in [3.8, 4) is 0 Å².